The summed E-state index contributed by atoms with van der Waals surface area (Å²) in [6.45, 7) is 1.76. The Labute approximate surface area is 220 Å². The molecule has 0 unspecified atom stereocenters. The second-order valence-electron chi connectivity index (χ2n) is 8.05. The topological polar surface area (TPSA) is 205 Å². The van der Waals surface area contributed by atoms with Gasteiger partial charge >= 0.3 is 17.9 Å². The summed E-state index contributed by atoms with van der Waals surface area (Å²) >= 11 is 0. The Hall–Kier alpha value is -4.01. The predicted octanol–water partition coefficient (Wildman–Crippen LogP) is -1.61. The van der Waals surface area contributed by atoms with Crippen LogP contribution in [0.4, 0.5) is 5.69 Å². The Morgan fingerprint density at radius 1 is 1.03 bits per heavy atom. The van der Waals surface area contributed by atoms with Crippen molar-refractivity contribution in [3.05, 3.63) is 59.7 Å². The highest BCUT2D eigenvalue weighted by atomic mass is 32.2. The summed E-state index contributed by atoms with van der Waals surface area (Å²) in [5.41, 5.74) is 12.6. The number of esters is 2. The number of aryl methyl sites for hydroxylation is 1. The number of ether oxygens (including phenoxy) is 3. The third-order valence-corrected chi connectivity index (χ3v) is 4.88. The van der Waals surface area contributed by atoms with Crippen molar-refractivity contribution in [2.45, 2.75) is 12.8 Å². The molecule has 1 aliphatic heterocycles. The predicted molar refractivity (Wildman–Crippen MR) is 134 cm³/mol. The number of morpholine rings is 1. The number of nitrogens with zero attached hydrogens (tertiary/aromatic N) is 1. The lowest BCUT2D eigenvalue weighted by Crippen LogP contribution is -2.72. The van der Waals surface area contributed by atoms with Gasteiger partial charge in [0.25, 0.3) is 5.91 Å². The van der Waals surface area contributed by atoms with Crippen molar-refractivity contribution >= 4 is 39.6 Å². The van der Waals surface area contributed by atoms with Gasteiger partial charge in [-0.1, -0.05) is 12.1 Å². The molecule has 3 rings (SSSR count). The number of benzene rings is 2. The fourth-order valence-electron chi connectivity index (χ4n) is 3.11. The summed E-state index contributed by atoms with van der Waals surface area (Å²) in [6, 6.07) is 13.3. The van der Waals surface area contributed by atoms with Gasteiger partial charge in [-0.2, -0.15) is 0 Å². The standard InChI is InChI=1S/C23H26N4O6.CH4O3S/c24-23(25)26-18-6-4-17(5-7-18)22(30)33-19-8-1-16(2-9-19)3-10-21(29)32-15-20(28)27-11-13-31-14-12-27;1-5(2,3)4/h1-2,4-9H,3,10-15H2,(H4,24,25,26);1H3,(H,2,3,4). The molecule has 38 heavy (non-hydrogen) atoms. The van der Waals surface area contributed by atoms with Crippen molar-refractivity contribution in [2.75, 3.05) is 39.2 Å². The number of carbonyl (C=O) groups excluding carboxylic acids is 3. The molecule has 206 valence electrons. The molecule has 2 aromatic carbocycles. The first-order valence-corrected chi connectivity index (χ1v) is 13.2. The molecule has 1 aliphatic rings. The van der Waals surface area contributed by atoms with E-state index in [1.807, 2.05) is 0 Å². The van der Waals surface area contributed by atoms with E-state index < -0.39 is 22.1 Å². The minimum absolute atomic E-state index is 0.0557. The van der Waals surface area contributed by atoms with Crippen LogP contribution >= 0.6 is 0 Å². The molecule has 13 nitrogen and oxygen atoms in total. The molecule has 2 aromatic rings. The van der Waals surface area contributed by atoms with E-state index in [4.69, 9.17) is 38.6 Å². The second kappa shape index (κ2) is 14.7. The van der Waals surface area contributed by atoms with Crippen LogP contribution in [0.5, 0.6) is 5.75 Å². The molecule has 0 bridgehead atoms. The zero-order valence-electron chi connectivity index (χ0n) is 20.8. The zero-order chi connectivity index (χ0) is 28.1. The highest BCUT2D eigenvalue weighted by Gasteiger charge is 2.18. The van der Waals surface area contributed by atoms with Gasteiger partial charge in [-0.3, -0.25) is 21.1 Å². The molecular formula is C24H30N4O9S. The summed E-state index contributed by atoms with van der Waals surface area (Å²) in [7, 11) is -3.92. The molecule has 0 spiro atoms. The average Bonchev–Trinajstić information content (AvgIpc) is 2.86. The lowest BCUT2D eigenvalue weighted by molar-refractivity contribution is -0.356. The SMILES string of the molecule is CS(=O)(=O)[O-].NC(N)=[NH+]c1ccc(C(=O)Oc2ccc(CCC(=O)OCC(=O)N3CCOCC3)cc2)cc1. The van der Waals surface area contributed by atoms with Gasteiger partial charge in [0.05, 0.1) is 34.6 Å². The first kappa shape index (κ1) is 30.2. The van der Waals surface area contributed by atoms with Crippen LogP contribution in [-0.4, -0.2) is 80.8 Å². The summed E-state index contributed by atoms with van der Waals surface area (Å²) < 4.78 is 42.9. The van der Waals surface area contributed by atoms with E-state index in [1.165, 1.54) is 0 Å². The van der Waals surface area contributed by atoms with Gasteiger partial charge in [-0.25, -0.2) is 18.2 Å². The van der Waals surface area contributed by atoms with Crippen molar-refractivity contribution in [1.82, 2.24) is 4.90 Å². The third-order valence-electron chi connectivity index (χ3n) is 4.88. The fraction of sp³-hybridized carbons (Fsp3) is 0.333. The molecule has 1 amide bonds. The number of rotatable bonds is 8. The van der Waals surface area contributed by atoms with Crippen LogP contribution in [0.3, 0.4) is 0 Å². The number of hydrogen-bond donors (Lipinski definition) is 3. The largest absolute Gasteiger partial charge is 0.748 e. The van der Waals surface area contributed by atoms with Crippen molar-refractivity contribution in [3.63, 3.8) is 0 Å². The van der Waals surface area contributed by atoms with E-state index in [9.17, 15) is 14.4 Å². The van der Waals surface area contributed by atoms with E-state index in [2.05, 4.69) is 4.99 Å². The molecular weight excluding hydrogens is 520 g/mol. The Kier molecular flexibility index (Phi) is 11.7. The van der Waals surface area contributed by atoms with Gasteiger partial charge in [0, 0.05) is 25.8 Å². The maximum absolute atomic E-state index is 12.3. The van der Waals surface area contributed by atoms with Gasteiger partial charge in [-0.15, -0.1) is 0 Å². The Morgan fingerprint density at radius 3 is 2.16 bits per heavy atom. The number of hydrogen-bond acceptors (Lipinski definition) is 9. The molecule has 0 radical (unpaired) electrons. The van der Waals surface area contributed by atoms with E-state index in [-0.39, 0.29) is 24.9 Å². The Balaban J connectivity index is 0.000000926. The zero-order valence-corrected chi connectivity index (χ0v) is 21.6. The van der Waals surface area contributed by atoms with E-state index in [0.717, 1.165) is 5.56 Å². The van der Waals surface area contributed by atoms with Crippen molar-refractivity contribution < 1.29 is 46.6 Å². The first-order chi connectivity index (χ1) is 17.9. The summed E-state index contributed by atoms with van der Waals surface area (Å²) in [5, 5.41) is 0. The molecule has 5 N–H and O–H groups in total. The normalized spacial score (nSPS) is 12.9. The maximum atomic E-state index is 12.3. The molecule has 14 heteroatoms. The second-order valence-corrected chi connectivity index (χ2v) is 9.46. The van der Waals surface area contributed by atoms with Crippen LogP contribution in [0.2, 0.25) is 0 Å². The molecule has 1 fully saturated rings. The van der Waals surface area contributed by atoms with E-state index in [0.29, 0.717) is 56.0 Å². The number of nitrogens with two attached hydrogens (primary N) is 2. The summed E-state index contributed by atoms with van der Waals surface area (Å²) in [5.74, 6) is -0.735. The van der Waals surface area contributed by atoms with Crippen LogP contribution < -0.4 is 21.2 Å². The number of nitrogens with one attached hydrogen (secondary N) is 1. The van der Waals surface area contributed by atoms with Gasteiger partial charge in [0.15, 0.2) is 6.61 Å². The highest BCUT2D eigenvalue weighted by Crippen LogP contribution is 2.16. The average molecular weight is 551 g/mol. The highest BCUT2D eigenvalue weighted by molar-refractivity contribution is 7.84. The monoisotopic (exact) mass is 550 g/mol. The van der Waals surface area contributed by atoms with Crippen LogP contribution in [0.15, 0.2) is 48.5 Å². The lowest BCUT2D eigenvalue weighted by atomic mass is 10.1. The van der Waals surface area contributed by atoms with Crippen LogP contribution in [0, 0.1) is 0 Å². The molecule has 1 heterocycles. The summed E-state index contributed by atoms with van der Waals surface area (Å²) in [6.07, 6.45) is 1.18. The van der Waals surface area contributed by atoms with Crippen molar-refractivity contribution in [1.29, 1.82) is 0 Å². The van der Waals surface area contributed by atoms with Crippen LogP contribution in [0.1, 0.15) is 22.3 Å². The van der Waals surface area contributed by atoms with Gasteiger partial charge < -0.3 is 23.7 Å². The number of amides is 1. The minimum atomic E-state index is -3.92. The molecule has 1 saturated heterocycles. The molecule has 0 atom stereocenters. The number of guanidine groups is 1. The minimum Gasteiger partial charge on any atom is -0.748 e. The molecule has 0 saturated carbocycles. The lowest BCUT2D eigenvalue weighted by Gasteiger charge is -2.26. The molecule has 0 aromatic heterocycles. The third kappa shape index (κ3) is 12.3. The fourth-order valence-corrected chi connectivity index (χ4v) is 3.11. The smallest absolute Gasteiger partial charge is 0.343 e. The Morgan fingerprint density at radius 2 is 1.61 bits per heavy atom. The van der Waals surface area contributed by atoms with Gasteiger partial charge in [0.2, 0.25) is 0 Å². The van der Waals surface area contributed by atoms with Gasteiger partial charge in [0.1, 0.15) is 5.75 Å². The van der Waals surface area contributed by atoms with Crippen molar-refractivity contribution in [2.24, 2.45) is 11.5 Å². The van der Waals surface area contributed by atoms with E-state index >= 15 is 0 Å². The number of carbonyl (C=O) groups is 3. The summed E-state index contributed by atoms with van der Waals surface area (Å²) in [4.78, 5) is 40.6. The maximum Gasteiger partial charge on any atom is 0.343 e. The van der Waals surface area contributed by atoms with Crippen LogP contribution in [-0.2, 0) is 35.6 Å². The van der Waals surface area contributed by atoms with E-state index in [1.54, 1.807) is 53.4 Å². The van der Waals surface area contributed by atoms with Crippen molar-refractivity contribution in [3.8, 4) is 5.75 Å². The molecule has 0 aliphatic carbocycles. The quantitative estimate of drug-likeness (QED) is 0.112. The first-order valence-electron chi connectivity index (χ1n) is 11.4. The van der Waals surface area contributed by atoms with Gasteiger partial charge in [-0.05, 0) is 48.4 Å². The Bertz CT molecular complexity index is 1210. The van der Waals surface area contributed by atoms with Crippen LogP contribution in [0.25, 0.3) is 0 Å².